The molecular weight excluding hydrogens is 166 g/mol. The van der Waals surface area contributed by atoms with E-state index in [-0.39, 0.29) is 0 Å². The normalized spacial score (nSPS) is 19.2. The van der Waals surface area contributed by atoms with Gasteiger partial charge >= 0.3 is 5.97 Å². The summed E-state index contributed by atoms with van der Waals surface area (Å²) in [5.41, 5.74) is 1.04. The van der Waals surface area contributed by atoms with Crippen LogP contribution in [0.1, 0.15) is 6.42 Å². The molecule has 65 valence electrons. The quantitative estimate of drug-likeness (QED) is 0.604. The zero-order valence-electron chi connectivity index (χ0n) is 6.93. The summed E-state index contributed by atoms with van der Waals surface area (Å²) in [4.78, 5) is 12.5. The third-order valence-electron chi connectivity index (χ3n) is 2.03. The number of nitrogens with zero attached hydrogens (tertiary/aromatic N) is 1. The summed E-state index contributed by atoms with van der Waals surface area (Å²) < 4.78 is 0. The lowest BCUT2D eigenvalue weighted by Gasteiger charge is -2.24. The molecule has 2 rings (SSSR count). The Morgan fingerprint density at radius 3 is 2.92 bits per heavy atom. The van der Waals surface area contributed by atoms with E-state index in [1.165, 1.54) is 0 Å². The maximum Gasteiger partial charge on any atom is 0.384 e. The van der Waals surface area contributed by atoms with Crippen molar-refractivity contribution in [2.24, 2.45) is 0 Å². The number of carbonyl (C=O) groups excluding carboxylic acids is 1. The molecule has 3 nitrogen and oxygen atoms in total. The van der Waals surface area contributed by atoms with Crippen LogP contribution in [0.25, 0.3) is 0 Å². The molecule has 0 amide bonds. The van der Waals surface area contributed by atoms with Crippen molar-refractivity contribution in [3.8, 4) is 0 Å². The minimum absolute atomic E-state index is 0.336. The van der Waals surface area contributed by atoms with E-state index in [0.29, 0.717) is 17.7 Å². The van der Waals surface area contributed by atoms with Gasteiger partial charge in [-0.15, -0.1) is 0 Å². The topological polar surface area (TPSA) is 40.2 Å². The van der Waals surface area contributed by atoms with Gasteiger partial charge in [0.15, 0.2) is 0 Å². The summed E-state index contributed by atoms with van der Waals surface area (Å²) in [6, 6.07) is 0. The standard InChI is InChI=1S/C10H8NO2/c12-10(13)8-4-3-7-11-6-2-1-5-9(8)11/h1-3,5-7H,4H2. The van der Waals surface area contributed by atoms with Gasteiger partial charge in [0.05, 0.1) is 11.3 Å². The first kappa shape index (κ1) is 7.86. The van der Waals surface area contributed by atoms with Crippen molar-refractivity contribution >= 4 is 5.97 Å². The number of carbonyl (C=O) groups is 1. The summed E-state index contributed by atoms with van der Waals surface area (Å²) in [6.45, 7) is 0. The van der Waals surface area contributed by atoms with Crippen LogP contribution in [0.5, 0.6) is 0 Å². The van der Waals surface area contributed by atoms with Crippen LogP contribution in [-0.2, 0) is 9.90 Å². The summed E-state index contributed by atoms with van der Waals surface area (Å²) in [6.07, 6.45) is 11.3. The van der Waals surface area contributed by atoms with Crippen LogP contribution in [0.15, 0.2) is 48.0 Å². The average Bonchev–Trinajstić information content (AvgIpc) is 2.17. The Kier molecular flexibility index (Phi) is 1.77. The Morgan fingerprint density at radius 2 is 2.15 bits per heavy atom. The molecule has 0 N–H and O–H groups in total. The van der Waals surface area contributed by atoms with Crippen molar-refractivity contribution in [3.63, 3.8) is 0 Å². The molecule has 0 spiro atoms. The number of hydrogen-bond acceptors (Lipinski definition) is 2. The lowest BCUT2D eigenvalue weighted by atomic mass is 10.1. The molecule has 1 radical (unpaired) electrons. The Hall–Kier alpha value is -1.77. The molecule has 0 saturated carbocycles. The SMILES string of the molecule is [O]C(=O)C1=C2C=CC=CN2C=CC1. The fourth-order valence-electron chi connectivity index (χ4n) is 1.42. The van der Waals surface area contributed by atoms with Crippen molar-refractivity contribution in [2.45, 2.75) is 6.42 Å². The largest absolute Gasteiger partial charge is 0.384 e. The van der Waals surface area contributed by atoms with E-state index >= 15 is 0 Å². The van der Waals surface area contributed by atoms with E-state index in [1.807, 2.05) is 24.6 Å². The van der Waals surface area contributed by atoms with Crippen LogP contribution in [-0.4, -0.2) is 10.9 Å². The summed E-state index contributed by atoms with van der Waals surface area (Å²) >= 11 is 0. The van der Waals surface area contributed by atoms with Gasteiger partial charge in [0.2, 0.25) is 0 Å². The second-order valence-electron chi connectivity index (χ2n) is 2.85. The van der Waals surface area contributed by atoms with Gasteiger partial charge in [-0.25, -0.2) is 9.90 Å². The average molecular weight is 174 g/mol. The molecular formula is C10H8NO2. The molecule has 0 saturated heterocycles. The summed E-state index contributed by atoms with van der Waals surface area (Å²) in [5, 5.41) is 10.7. The molecule has 0 unspecified atom stereocenters. The van der Waals surface area contributed by atoms with Gasteiger partial charge in [-0.2, -0.15) is 0 Å². The maximum atomic E-state index is 10.7. The minimum atomic E-state index is -1.09. The third-order valence-corrected chi connectivity index (χ3v) is 2.03. The van der Waals surface area contributed by atoms with Crippen molar-refractivity contribution in [3.05, 3.63) is 48.0 Å². The zero-order valence-corrected chi connectivity index (χ0v) is 6.93. The molecule has 0 atom stereocenters. The van der Waals surface area contributed by atoms with Crippen molar-refractivity contribution < 1.29 is 9.90 Å². The van der Waals surface area contributed by atoms with Crippen LogP contribution >= 0.6 is 0 Å². The number of fused-ring (bicyclic) bond motifs is 1. The van der Waals surface area contributed by atoms with E-state index < -0.39 is 5.97 Å². The maximum absolute atomic E-state index is 10.7. The Labute approximate surface area is 76.0 Å². The predicted octanol–water partition coefficient (Wildman–Crippen LogP) is 1.50. The zero-order chi connectivity index (χ0) is 9.26. The fourth-order valence-corrected chi connectivity index (χ4v) is 1.42. The van der Waals surface area contributed by atoms with Gasteiger partial charge < -0.3 is 4.90 Å². The third kappa shape index (κ3) is 1.28. The molecule has 0 bridgehead atoms. The second-order valence-corrected chi connectivity index (χ2v) is 2.85. The second kappa shape index (κ2) is 2.94. The molecule has 0 aromatic carbocycles. The smallest absolute Gasteiger partial charge is 0.324 e. The van der Waals surface area contributed by atoms with Gasteiger partial charge in [0.25, 0.3) is 0 Å². The molecule has 13 heavy (non-hydrogen) atoms. The monoisotopic (exact) mass is 174 g/mol. The Balaban J connectivity index is 2.44. The highest BCUT2D eigenvalue weighted by Gasteiger charge is 2.20. The molecule has 0 aromatic rings. The van der Waals surface area contributed by atoms with Crippen LogP contribution in [0, 0.1) is 0 Å². The van der Waals surface area contributed by atoms with E-state index in [0.717, 1.165) is 0 Å². The molecule has 2 heterocycles. The number of rotatable bonds is 1. The van der Waals surface area contributed by atoms with Gasteiger partial charge in [-0.05, 0) is 12.2 Å². The molecule has 0 fully saturated rings. The lowest BCUT2D eigenvalue weighted by Crippen LogP contribution is -2.18. The van der Waals surface area contributed by atoms with E-state index in [9.17, 15) is 9.90 Å². The van der Waals surface area contributed by atoms with Gasteiger partial charge in [0.1, 0.15) is 0 Å². The first-order valence-corrected chi connectivity index (χ1v) is 4.03. The van der Waals surface area contributed by atoms with Crippen LogP contribution in [0.4, 0.5) is 0 Å². The number of allylic oxidation sites excluding steroid dienone is 4. The lowest BCUT2D eigenvalue weighted by molar-refractivity contribution is -0.138. The highest BCUT2D eigenvalue weighted by Crippen LogP contribution is 2.24. The Bertz CT molecular complexity index is 361. The Morgan fingerprint density at radius 1 is 1.31 bits per heavy atom. The van der Waals surface area contributed by atoms with Gasteiger partial charge in [0, 0.05) is 18.8 Å². The predicted molar refractivity (Wildman–Crippen MR) is 46.6 cm³/mol. The van der Waals surface area contributed by atoms with Crippen molar-refractivity contribution in [1.29, 1.82) is 0 Å². The van der Waals surface area contributed by atoms with Crippen LogP contribution < -0.4 is 0 Å². The summed E-state index contributed by atoms with van der Waals surface area (Å²) in [5.74, 6) is -1.09. The van der Waals surface area contributed by atoms with Gasteiger partial charge in [-0.3, -0.25) is 0 Å². The first-order valence-electron chi connectivity index (χ1n) is 4.03. The highest BCUT2D eigenvalue weighted by molar-refractivity contribution is 5.88. The van der Waals surface area contributed by atoms with Crippen molar-refractivity contribution in [1.82, 2.24) is 4.90 Å². The van der Waals surface area contributed by atoms with E-state index in [2.05, 4.69) is 0 Å². The number of hydrogen-bond donors (Lipinski definition) is 0. The van der Waals surface area contributed by atoms with Crippen LogP contribution in [0.2, 0.25) is 0 Å². The highest BCUT2D eigenvalue weighted by atomic mass is 16.4. The molecule has 0 aliphatic carbocycles. The minimum Gasteiger partial charge on any atom is -0.324 e. The molecule has 3 heteroatoms. The van der Waals surface area contributed by atoms with Crippen LogP contribution in [0.3, 0.4) is 0 Å². The first-order chi connectivity index (χ1) is 6.29. The van der Waals surface area contributed by atoms with E-state index in [4.69, 9.17) is 0 Å². The molecule has 2 aliphatic heterocycles. The fraction of sp³-hybridized carbons (Fsp3) is 0.100. The molecule has 2 aliphatic rings. The molecule has 0 aromatic heterocycles. The van der Waals surface area contributed by atoms with Gasteiger partial charge in [-0.1, -0.05) is 12.2 Å². The summed E-state index contributed by atoms with van der Waals surface area (Å²) in [7, 11) is 0. The van der Waals surface area contributed by atoms with E-state index in [1.54, 1.807) is 17.1 Å². The van der Waals surface area contributed by atoms with Crippen molar-refractivity contribution in [2.75, 3.05) is 0 Å².